The lowest BCUT2D eigenvalue weighted by Crippen LogP contribution is -2.35. The zero-order valence-electron chi connectivity index (χ0n) is 15.2. The van der Waals surface area contributed by atoms with Crippen molar-refractivity contribution in [2.45, 2.75) is 44.1 Å². The fourth-order valence-corrected chi connectivity index (χ4v) is 4.65. The van der Waals surface area contributed by atoms with Crippen LogP contribution in [0.25, 0.3) is 12.7 Å². The van der Waals surface area contributed by atoms with Gasteiger partial charge in [-0.25, -0.2) is 9.66 Å². The molecule has 2 N–H and O–H groups in total. The molecule has 1 saturated carbocycles. The number of fused-ring (bicyclic) bond motifs is 2. The van der Waals surface area contributed by atoms with Gasteiger partial charge < -0.3 is 10.7 Å². The van der Waals surface area contributed by atoms with Gasteiger partial charge in [-0.2, -0.15) is 0 Å². The number of nitrogen functional groups attached to an aromatic ring is 1. The molecule has 2 heterocycles. The number of nitrogens with zero attached hydrogens (tertiary/aromatic N) is 3. The van der Waals surface area contributed by atoms with Crippen molar-refractivity contribution in [1.82, 2.24) is 9.66 Å². The van der Waals surface area contributed by atoms with E-state index in [1.54, 1.807) is 10.8 Å². The molecule has 4 heteroatoms. The normalized spacial score (nSPS) is 19.2. The first kappa shape index (κ1) is 16.7. The average Bonchev–Trinajstić information content (AvgIpc) is 3.05. The molecule has 0 saturated heterocycles. The molecule has 1 aliphatic heterocycles. The van der Waals surface area contributed by atoms with Crippen LogP contribution in [0.4, 0.5) is 5.69 Å². The second kappa shape index (κ2) is 6.20. The Morgan fingerprint density at radius 1 is 1.15 bits per heavy atom. The van der Waals surface area contributed by atoms with Crippen LogP contribution in [0.2, 0.25) is 0 Å². The summed E-state index contributed by atoms with van der Waals surface area (Å²) in [5, 5.41) is 1.47. The van der Waals surface area contributed by atoms with Gasteiger partial charge in [0.25, 0.3) is 0 Å². The molecule has 134 valence electrons. The van der Waals surface area contributed by atoms with E-state index in [9.17, 15) is 0 Å². The molecule has 2 aliphatic rings. The molecule has 0 atom stereocenters. The third kappa shape index (κ3) is 2.32. The Kier molecular flexibility index (Phi) is 3.98. The molecule has 26 heavy (non-hydrogen) atoms. The Balaban J connectivity index is 1.78. The molecule has 0 bridgehead atoms. The summed E-state index contributed by atoms with van der Waals surface area (Å²) in [6, 6.07) is 8.70. The molecular weight excluding hydrogens is 320 g/mol. The Morgan fingerprint density at radius 3 is 2.62 bits per heavy atom. The van der Waals surface area contributed by atoms with E-state index >= 15 is 0 Å². The van der Waals surface area contributed by atoms with Crippen LogP contribution < -0.4 is 21.4 Å². The number of para-hydroxylation sites is 1. The van der Waals surface area contributed by atoms with Gasteiger partial charge in [-0.3, -0.25) is 0 Å². The minimum Gasteiger partial charge on any atom is -0.337 e. The summed E-state index contributed by atoms with van der Waals surface area (Å²) in [6.07, 6.45) is 9.73. The number of imidazole rings is 1. The van der Waals surface area contributed by atoms with E-state index in [2.05, 4.69) is 53.9 Å². The molecule has 1 aliphatic carbocycles. The van der Waals surface area contributed by atoms with Crippen molar-refractivity contribution < 1.29 is 0 Å². The van der Waals surface area contributed by atoms with Gasteiger partial charge in [0.15, 0.2) is 0 Å². The molecule has 1 fully saturated rings. The Morgan fingerprint density at radius 2 is 1.88 bits per heavy atom. The fourth-order valence-electron chi connectivity index (χ4n) is 4.65. The molecule has 1 spiro atoms. The molecule has 2 aromatic rings. The van der Waals surface area contributed by atoms with Gasteiger partial charge >= 0.3 is 0 Å². The van der Waals surface area contributed by atoms with Gasteiger partial charge in [0.1, 0.15) is 5.82 Å². The summed E-state index contributed by atoms with van der Waals surface area (Å²) < 4.78 is 1.62. The zero-order chi connectivity index (χ0) is 18.3. The monoisotopic (exact) mass is 346 g/mol. The van der Waals surface area contributed by atoms with E-state index in [-0.39, 0.29) is 5.41 Å². The molecule has 1 aromatic carbocycles. The average molecular weight is 346 g/mol. The maximum atomic E-state index is 6.28. The Hall–Kier alpha value is -2.75. The summed E-state index contributed by atoms with van der Waals surface area (Å²) >= 11 is 0. The molecule has 4 rings (SSSR count). The Labute approximate surface area is 154 Å². The van der Waals surface area contributed by atoms with E-state index in [4.69, 9.17) is 5.84 Å². The summed E-state index contributed by atoms with van der Waals surface area (Å²) in [5.74, 6) is 7.07. The van der Waals surface area contributed by atoms with Crippen molar-refractivity contribution in [1.29, 1.82) is 0 Å². The van der Waals surface area contributed by atoms with Crippen molar-refractivity contribution in [2.75, 3.05) is 10.7 Å². The molecule has 4 nitrogen and oxygen atoms in total. The molecule has 0 unspecified atom stereocenters. The second-order valence-electron chi connectivity index (χ2n) is 7.33. The highest BCUT2D eigenvalue weighted by Crippen LogP contribution is 2.54. The first-order valence-electron chi connectivity index (χ1n) is 9.29. The van der Waals surface area contributed by atoms with Crippen molar-refractivity contribution in [3.63, 3.8) is 0 Å². The number of allylic oxidation sites excluding steroid dienone is 2. The number of anilines is 1. The van der Waals surface area contributed by atoms with Crippen LogP contribution in [0.5, 0.6) is 0 Å². The van der Waals surface area contributed by atoms with Gasteiger partial charge in [0.05, 0.1) is 17.2 Å². The van der Waals surface area contributed by atoms with E-state index in [0.29, 0.717) is 11.9 Å². The number of aromatic nitrogens is 2. The van der Waals surface area contributed by atoms with Crippen LogP contribution >= 0.6 is 0 Å². The summed E-state index contributed by atoms with van der Waals surface area (Å²) in [5.41, 5.74) is 3.90. The largest absolute Gasteiger partial charge is 0.337 e. The highest BCUT2D eigenvalue weighted by Gasteiger charge is 2.46. The number of rotatable bonds is 3. The number of nitrogens with two attached hydrogens (primary N) is 1. The van der Waals surface area contributed by atoms with E-state index < -0.39 is 0 Å². The minimum absolute atomic E-state index is 0.0736. The summed E-state index contributed by atoms with van der Waals surface area (Å²) in [4.78, 5) is 6.89. The predicted octanol–water partition coefficient (Wildman–Crippen LogP) is 2.71. The van der Waals surface area contributed by atoms with E-state index in [1.165, 1.54) is 49.1 Å². The van der Waals surface area contributed by atoms with E-state index in [1.807, 2.05) is 6.08 Å². The SMILES string of the molecule is C=C/C=c1\c(=C)nc(CN2C(=C)C3(CCCCC3)c3ccccc32)n1N. The van der Waals surface area contributed by atoms with E-state index in [0.717, 1.165) is 11.2 Å². The van der Waals surface area contributed by atoms with Crippen LogP contribution in [0.3, 0.4) is 0 Å². The van der Waals surface area contributed by atoms with Gasteiger partial charge in [-0.15, -0.1) is 0 Å². The summed E-state index contributed by atoms with van der Waals surface area (Å²) in [6.45, 7) is 12.9. The summed E-state index contributed by atoms with van der Waals surface area (Å²) in [7, 11) is 0. The molecule has 1 aromatic heterocycles. The predicted molar refractivity (Wildman–Crippen MR) is 108 cm³/mol. The van der Waals surface area contributed by atoms with Crippen molar-refractivity contribution in [3.05, 3.63) is 71.3 Å². The highest BCUT2D eigenvalue weighted by atomic mass is 15.3. The van der Waals surface area contributed by atoms with Crippen LogP contribution in [0.15, 0.2) is 49.2 Å². The first-order valence-corrected chi connectivity index (χ1v) is 9.29. The van der Waals surface area contributed by atoms with Gasteiger partial charge in [-0.05, 0) is 30.5 Å². The molecule has 0 amide bonds. The number of hydrogen-bond donors (Lipinski definition) is 1. The van der Waals surface area contributed by atoms with Crippen molar-refractivity contribution in [3.8, 4) is 0 Å². The number of hydrogen-bond acceptors (Lipinski definition) is 3. The molecule has 0 radical (unpaired) electrons. The maximum absolute atomic E-state index is 6.28. The van der Waals surface area contributed by atoms with Gasteiger partial charge in [0, 0.05) is 16.8 Å². The maximum Gasteiger partial charge on any atom is 0.148 e. The van der Waals surface area contributed by atoms with Gasteiger partial charge in [0.2, 0.25) is 0 Å². The topological polar surface area (TPSA) is 47.1 Å². The quantitative estimate of drug-likeness (QED) is 0.870. The lowest BCUT2D eigenvalue weighted by molar-refractivity contribution is 0.346. The van der Waals surface area contributed by atoms with Crippen molar-refractivity contribution in [2.24, 2.45) is 0 Å². The lowest BCUT2D eigenvalue weighted by atomic mass is 9.69. The Bertz CT molecular complexity index is 976. The van der Waals surface area contributed by atoms with Gasteiger partial charge in [-0.1, -0.05) is 63.3 Å². The van der Waals surface area contributed by atoms with Crippen LogP contribution in [-0.4, -0.2) is 9.66 Å². The third-order valence-corrected chi connectivity index (χ3v) is 5.97. The third-order valence-electron chi connectivity index (χ3n) is 5.97. The standard InChI is InChI=1S/C22H26N4/c1-4-10-19-16(2)24-21(26(19)23)15-25-17(3)22(13-8-5-9-14-22)18-11-6-7-12-20(18)25/h4,6-7,10-12H,1-3,5,8-9,13-15,23H2/b19-10+. The van der Waals surface area contributed by atoms with Crippen LogP contribution in [0, 0.1) is 0 Å². The molecular formula is C22H26N4. The van der Waals surface area contributed by atoms with Crippen molar-refractivity contribution >= 4 is 18.3 Å². The van der Waals surface area contributed by atoms with Crippen LogP contribution in [-0.2, 0) is 12.0 Å². The fraction of sp³-hybridized carbons (Fsp3) is 0.318. The lowest BCUT2D eigenvalue weighted by Gasteiger charge is -2.36. The first-order chi connectivity index (χ1) is 12.6. The second-order valence-corrected chi connectivity index (χ2v) is 7.33. The highest BCUT2D eigenvalue weighted by molar-refractivity contribution is 5.70. The number of benzene rings is 1. The minimum atomic E-state index is 0.0736. The smallest absolute Gasteiger partial charge is 0.148 e. The van der Waals surface area contributed by atoms with Crippen LogP contribution in [0.1, 0.15) is 43.5 Å². The zero-order valence-corrected chi connectivity index (χ0v) is 15.2.